The average molecular weight is 364 g/mol. The number of anilines is 1. The molecule has 0 aliphatic carbocycles. The molecule has 0 bridgehead atoms. The smallest absolute Gasteiger partial charge is 0.417 e. The number of ether oxygens (including phenoxy) is 2. The van der Waals surface area contributed by atoms with Gasteiger partial charge in [-0.2, -0.15) is 0 Å². The van der Waals surface area contributed by atoms with Crippen LogP contribution in [0.3, 0.4) is 0 Å². The number of hydrogen-bond acceptors (Lipinski definition) is 6. The average Bonchev–Trinajstić information content (AvgIpc) is 2.92. The van der Waals surface area contributed by atoms with E-state index in [-0.39, 0.29) is 10.5 Å². The Labute approximate surface area is 143 Å². The van der Waals surface area contributed by atoms with Crippen molar-refractivity contribution in [1.29, 1.82) is 0 Å². The van der Waals surface area contributed by atoms with E-state index in [4.69, 9.17) is 13.9 Å². The molecule has 0 aliphatic heterocycles. The first-order chi connectivity index (χ1) is 11.8. The Balaban J connectivity index is 2.02. The van der Waals surface area contributed by atoms with Crippen LogP contribution in [0.5, 0.6) is 11.5 Å². The lowest BCUT2D eigenvalue weighted by atomic mass is 10.2. The fourth-order valence-electron chi connectivity index (χ4n) is 2.49. The summed E-state index contributed by atoms with van der Waals surface area (Å²) < 4.78 is 43.1. The molecule has 0 unspecified atom stereocenters. The second kappa shape index (κ2) is 6.17. The van der Waals surface area contributed by atoms with Gasteiger partial charge in [-0.15, -0.1) is 0 Å². The lowest BCUT2D eigenvalue weighted by Gasteiger charge is -2.13. The van der Waals surface area contributed by atoms with Crippen LogP contribution in [-0.2, 0) is 10.0 Å². The van der Waals surface area contributed by atoms with Gasteiger partial charge in [0.05, 0.1) is 30.3 Å². The Morgan fingerprint density at radius 3 is 2.48 bits per heavy atom. The Kier molecular flexibility index (Phi) is 4.17. The van der Waals surface area contributed by atoms with E-state index in [0.717, 1.165) is 0 Å². The molecule has 3 rings (SSSR count). The molecular weight excluding hydrogens is 348 g/mol. The SMILES string of the molecule is COc1ccc(NS(=O)(=O)c2cc3oc(=O)[nH]c3cc2C)cc1OC. The third kappa shape index (κ3) is 3.18. The van der Waals surface area contributed by atoms with Crippen molar-refractivity contribution in [3.05, 3.63) is 46.4 Å². The predicted molar refractivity (Wildman–Crippen MR) is 91.9 cm³/mol. The number of benzene rings is 2. The van der Waals surface area contributed by atoms with Crippen LogP contribution in [-0.4, -0.2) is 27.6 Å². The molecule has 1 aromatic heterocycles. The molecule has 0 radical (unpaired) electrons. The minimum atomic E-state index is -3.89. The molecule has 0 amide bonds. The van der Waals surface area contributed by atoms with Crippen molar-refractivity contribution >= 4 is 26.8 Å². The molecule has 1 heterocycles. The van der Waals surface area contributed by atoms with Crippen LogP contribution < -0.4 is 20.0 Å². The van der Waals surface area contributed by atoms with Crippen LogP contribution in [0.15, 0.2) is 44.4 Å². The highest BCUT2D eigenvalue weighted by atomic mass is 32.2. The third-order valence-electron chi connectivity index (χ3n) is 3.64. The fourth-order valence-corrected chi connectivity index (χ4v) is 3.78. The van der Waals surface area contributed by atoms with Gasteiger partial charge in [0.25, 0.3) is 10.0 Å². The van der Waals surface area contributed by atoms with Crippen molar-refractivity contribution in [2.75, 3.05) is 18.9 Å². The van der Waals surface area contributed by atoms with E-state index in [1.54, 1.807) is 25.1 Å². The Hall–Kier alpha value is -2.94. The second-order valence-corrected chi connectivity index (χ2v) is 6.95. The maximum atomic E-state index is 12.7. The number of aromatic amines is 1. The highest BCUT2D eigenvalue weighted by Gasteiger charge is 2.20. The molecule has 0 aliphatic rings. The molecule has 8 nitrogen and oxygen atoms in total. The summed E-state index contributed by atoms with van der Waals surface area (Å²) in [5, 5.41) is 0. The number of aromatic nitrogens is 1. The molecule has 0 saturated carbocycles. The van der Waals surface area contributed by atoms with E-state index in [9.17, 15) is 13.2 Å². The molecule has 0 saturated heterocycles. The summed E-state index contributed by atoms with van der Waals surface area (Å²) in [6.07, 6.45) is 0. The molecule has 2 aromatic carbocycles. The monoisotopic (exact) mass is 364 g/mol. The number of nitrogens with one attached hydrogen (secondary N) is 2. The van der Waals surface area contributed by atoms with Crippen LogP contribution in [0.2, 0.25) is 0 Å². The van der Waals surface area contributed by atoms with Crippen LogP contribution in [0.4, 0.5) is 5.69 Å². The number of aryl methyl sites for hydroxylation is 1. The quantitative estimate of drug-likeness (QED) is 0.718. The van der Waals surface area contributed by atoms with E-state index in [1.165, 1.54) is 26.4 Å². The van der Waals surface area contributed by atoms with Crippen LogP contribution in [0, 0.1) is 6.92 Å². The largest absolute Gasteiger partial charge is 0.493 e. The predicted octanol–water partition coefficient (Wildman–Crippen LogP) is 2.25. The van der Waals surface area contributed by atoms with Gasteiger partial charge in [-0.25, -0.2) is 13.2 Å². The minimum absolute atomic E-state index is 0.0116. The lowest BCUT2D eigenvalue weighted by molar-refractivity contribution is 0.355. The zero-order valence-electron chi connectivity index (χ0n) is 13.7. The summed E-state index contributed by atoms with van der Waals surface area (Å²) in [6.45, 7) is 1.63. The standard InChI is InChI=1S/C16H16N2O6S/c1-9-6-11-13(24-16(19)17-11)8-15(9)25(20,21)18-10-4-5-12(22-2)14(7-10)23-3/h4-8,18H,1-3H3,(H,17,19). The first kappa shape index (κ1) is 16.9. The summed E-state index contributed by atoms with van der Waals surface area (Å²) >= 11 is 0. The summed E-state index contributed by atoms with van der Waals surface area (Å²) in [7, 11) is -0.942. The molecule has 9 heteroatoms. The molecule has 0 fully saturated rings. The van der Waals surface area contributed by atoms with Crippen LogP contribution in [0.1, 0.15) is 5.56 Å². The number of rotatable bonds is 5. The fraction of sp³-hybridized carbons (Fsp3) is 0.188. The summed E-state index contributed by atoms with van der Waals surface area (Å²) in [5.41, 5.74) is 1.39. The van der Waals surface area contributed by atoms with Gasteiger partial charge in [-0.05, 0) is 30.7 Å². The van der Waals surface area contributed by atoms with E-state index in [0.29, 0.717) is 28.3 Å². The van der Waals surface area contributed by atoms with Gasteiger partial charge in [0, 0.05) is 12.1 Å². The number of oxazole rings is 1. The number of H-pyrrole nitrogens is 1. The van der Waals surface area contributed by atoms with Gasteiger partial charge in [-0.3, -0.25) is 9.71 Å². The maximum Gasteiger partial charge on any atom is 0.417 e. The van der Waals surface area contributed by atoms with Crippen molar-refractivity contribution in [1.82, 2.24) is 4.98 Å². The maximum absolute atomic E-state index is 12.7. The molecule has 3 aromatic rings. The normalized spacial score (nSPS) is 11.5. The van der Waals surface area contributed by atoms with E-state index >= 15 is 0 Å². The van der Waals surface area contributed by atoms with Crippen molar-refractivity contribution < 1.29 is 22.3 Å². The van der Waals surface area contributed by atoms with Crippen LogP contribution >= 0.6 is 0 Å². The van der Waals surface area contributed by atoms with Gasteiger partial charge < -0.3 is 13.9 Å². The van der Waals surface area contributed by atoms with E-state index in [1.807, 2.05) is 0 Å². The molecule has 0 spiro atoms. The molecular formula is C16H16N2O6S. The zero-order chi connectivity index (χ0) is 18.2. The first-order valence-electron chi connectivity index (χ1n) is 7.22. The van der Waals surface area contributed by atoms with Gasteiger partial charge in [-0.1, -0.05) is 0 Å². The van der Waals surface area contributed by atoms with Crippen molar-refractivity contribution in [3.63, 3.8) is 0 Å². The lowest BCUT2D eigenvalue weighted by Crippen LogP contribution is -2.14. The number of fused-ring (bicyclic) bond motifs is 1. The highest BCUT2D eigenvalue weighted by Crippen LogP contribution is 2.31. The molecule has 132 valence electrons. The molecule has 2 N–H and O–H groups in total. The Morgan fingerprint density at radius 1 is 1.08 bits per heavy atom. The summed E-state index contributed by atoms with van der Waals surface area (Å²) in [4.78, 5) is 13.8. The summed E-state index contributed by atoms with van der Waals surface area (Å²) in [5.74, 6) is 0.237. The summed E-state index contributed by atoms with van der Waals surface area (Å²) in [6, 6.07) is 7.52. The van der Waals surface area contributed by atoms with Crippen molar-refractivity contribution in [3.8, 4) is 11.5 Å². The Bertz CT molecular complexity index is 1100. The van der Waals surface area contributed by atoms with Crippen molar-refractivity contribution in [2.24, 2.45) is 0 Å². The molecule has 0 atom stereocenters. The topological polar surface area (TPSA) is 111 Å². The highest BCUT2D eigenvalue weighted by molar-refractivity contribution is 7.92. The number of sulfonamides is 1. The first-order valence-corrected chi connectivity index (χ1v) is 8.70. The van der Waals surface area contributed by atoms with Gasteiger partial charge in [0.15, 0.2) is 17.1 Å². The van der Waals surface area contributed by atoms with E-state index in [2.05, 4.69) is 9.71 Å². The van der Waals surface area contributed by atoms with Gasteiger partial charge >= 0.3 is 5.76 Å². The minimum Gasteiger partial charge on any atom is -0.493 e. The Morgan fingerprint density at radius 2 is 1.80 bits per heavy atom. The van der Waals surface area contributed by atoms with Gasteiger partial charge in [0.1, 0.15) is 0 Å². The van der Waals surface area contributed by atoms with E-state index < -0.39 is 15.8 Å². The molecule has 25 heavy (non-hydrogen) atoms. The van der Waals surface area contributed by atoms with Crippen LogP contribution in [0.25, 0.3) is 11.1 Å². The van der Waals surface area contributed by atoms with Crippen molar-refractivity contribution in [2.45, 2.75) is 11.8 Å². The third-order valence-corrected chi connectivity index (χ3v) is 5.17. The zero-order valence-corrected chi connectivity index (χ0v) is 14.6. The number of hydrogen-bond donors (Lipinski definition) is 2. The second-order valence-electron chi connectivity index (χ2n) is 5.30. The van der Waals surface area contributed by atoms with Gasteiger partial charge in [0.2, 0.25) is 0 Å². The number of methoxy groups -OCH3 is 2.